The second-order valence-corrected chi connectivity index (χ2v) is 12.6. The van der Waals surface area contributed by atoms with Crippen LogP contribution in [0.5, 0.6) is 0 Å². The van der Waals surface area contributed by atoms with E-state index in [9.17, 15) is 29.4 Å². The zero-order valence-corrected chi connectivity index (χ0v) is 25.1. The molecule has 1 aromatic rings. The predicted octanol–water partition coefficient (Wildman–Crippen LogP) is 3.09. The fraction of sp³-hybridized carbons (Fsp3) is 0.677. The number of rotatable bonds is 8. The summed E-state index contributed by atoms with van der Waals surface area (Å²) in [5.41, 5.74) is -0.544. The van der Waals surface area contributed by atoms with E-state index in [2.05, 4.69) is 17.6 Å². The van der Waals surface area contributed by atoms with Gasteiger partial charge in [-0.1, -0.05) is 19.9 Å². The first-order valence-corrected chi connectivity index (χ1v) is 15.0. The molecular weight excluding hydrogens is 542 g/mol. The third-order valence-corrected chi connectivity index (χ3v) is 9.89. The summed E-state index contributed by atoms with van der Waals surface area (Å²) < 4.78 is 10.9. The molecule has 2 saturated carbocycles. The van der Waals surface area contributed by atoms with Gasteiger partial charge in [0.25, 0.3) is 0 Å². The third kappa shape index (κ3) is 6.57. The number of ether oxygens (including phenoxy) is 2. The highest BCUT2D eigenvalue weighted by Crippen LogP contribution is 2.61. The lowest BCUT2D eigenvalue weighted by Crippen LogP contribution is -2.61. The Balaban J connectivity index is 1.44. The van der Waals surface area contributed by atoms with Gasteiger partial charge in [0.05, 0.1) is 24.9 Å². The molecule has 0 radical (unpaired) electrons. The van der Waals surface area contributed by atoms with Crippen LogP contribution in [0.3, 0.4) is 0 Å². The van der Waals surface area contributed by atoms with Gasteiger partial charge in [-0.05, 0) is 74.5 Å². The van der Waals surface area contributed by atoms with Crippen LogP contribution in [-0.2, 0) is 19.1 Å². The SMILES string of the molecule is CCOC(=O)c1cccc(NC(=O)O[C@@H]2CC[C@]3(C)C(CC[C@@H](O)[C@H]3CC(=O)N3CC[C@H](NC(C)=O)C3)[C@]2(C)CO)c1. The number of aliphatic hydroxyl groups is 2. The molecule has 1 aliphatic heterocycles. The number of nitrogens with one attached hydrogen (secondary N) is 2. The Labute approximate surface area is 247 Å². The van der Waals surface area contributed by atoms with Gasteiger partial charge >= 0.3 is 12.1 Å². The third-order valence-electron chi connectivity index (χ3n) is 9.89. The first-order valence-electron chi connectivity index (χ1n) is 15.0. The summed E-state index contributed by atoms with van der Waals surface area (Å²) in [5.74, 6) is -1.05. The molecule has 1 heterocycles. The van der Waals surface area contributed by atoms with Gasteiger partial charge in [-0.25, -0.2) is 9.59 Å². The van der Waals surface area contributed by atoms with Crippen molar-refractivity contribution in [1.82, 2.24) is 10.2 Å². The van der Waals surface area contributed by atoms with Crippen molar-refractivity contribution >= 4 is 29.6 Å². The van der Waals surface area contributed by atoms with Gasteiger partial charge < -0.3 is 29.9 Å². The van der Waals surface area contributed by atoms with Gasteiger partial charge in [-0.3, -0.25) is 14.9 Å². The van der Waals surface area contributed by atoms with E-state index in [1.54, 1.807) is 30.0 Å². The van der Waals surface area contributed by atoms with E-state index < -0.39 is 35.1 Å². The van der Waals surface area contributed by atoms with Crippen LogP contribution >= 0.6 is 0 Å². The van der Waals surface area contributed by atoms with Crippen molar-refractivity contribution in [1.29, 1.82) is 0 Å². The Morgan fingerprint density at radius 1 is 1.12 bits per heavy atom. The van der Waals surface area contributed by atoms with Crippen molar-refractivity contribution in [3.8, 4) is 0 Å². The minimum absolute atomic E-state index is 0.0396. The molecule has 2 aliphatic carbocycles. The van der Waals surface area contributed by atoms with Gasteiger partial charge in [0.2, 0.25) is 11.8 Å². The highest BCUT2D eigenvalue weighted by atomic mass is 16.6. The summed E-state index contributed by atoms with van der Waals surface area (Å²) in [7, 11) is 0. The number of hydrogen-bond acceptors (Lipinski definition) is 8. The minimum Gasteiger partial charge on any atom is -0.462 e. The molecule has 3 fully saturated rings. The molecule has 3 aliphatic rings. The number of carbonyl (C=O) groups is 4. The van der Waals surface area contributed by atoms with Crippen molar-refractivity contribution in [3.63, 3.8) is 0 Å². The fourth-order valence-electron chi connectivity index (χ4n) is 7.70. The van der Waals surface area contributed by atoms with E-state index in [1.807, 2.05) is 6.92 Å². The highest BCUT2D eigenvalue weighted by Gasteiger charge is 2.60. The summed E-state index contributed by atoms with van der Waals surface area (Å²) in [5, 5.41) is 27.4. The molecule has 11 heteroatoms. The number of amides is 3. The second-order valence-electron chi connectivity index (χ2n) is 12.6. The van der Waals surface area contributed by atoms with Crippen molar-refractivity contribution in [2.75, 3.05) is 31.6 Å². The number of aliphatic hydroxyl groups excluding tert-OH is 2. The maximum absolute atomic E-state index is 13.4. The number of esters is 1. The van der Waals surface area contributed by atoms with Crippen molar-refractivity contribution < 1.29 is 38.9 Å². The molecular formula is C31H45N3O8. The Morgan fingerprint density at radius 2 is 1.88 bits per heavy atom. The average Bonchev–Trinajstić information content (AvgIpc) is 3.40. The van der Waals surface area contributed by atoms with Crippen LogP contribution in [0.4, 0.5) is 10.5 Å². The maximum atomic E-state index is 13.4. The standard InChI is InChI=1S/C31H45N3O8/c1-5-41-28(39)20-7-6-8-21(15-20)33-29(40)42-26-11-13-30(3)23(24(37)9-10-25(30)31(26,4)18-35)16-27(38)34-14-12-22(17-34)32-19(2)36/h6-8,15,22-26,35,37H,5,9-14,16-18H2,1-4H3,(H,32,36)(H,33,40)/t22-,23+,24+,25?,26+,30-,31-/m0/s1. The predicted molar refractivity (Wildman–Crippen MR) is 154 cm³/mol. The van der Waals surface area contributed by atoms with Crippen molar-refractivity contribution in [3.05, 3.63) is 29.8 Å². The number of fused-ring (bicyclic) bond motifs is 1. The molecule has 0 bridgehead atoms. The van der Waals surface area contributed by atoms with Gasteiger partial charge in [0.1, 0.15) is 6.10 Å². The van der Waals surface area contributed by atoms with Crippen molar-refractivity contribution in [2.45, 2.75) is 84.5 Å². The summed E-state index contributed by atoms with van der Waals surface area (Å²) in [4.78, 5) is 51.7. The van der Waals surface area contributed by atoms with Gasteiger partial charge in [0.15, 0.2) is 0 Å². The smallest absolute Gasteiger partial charge is 0.411 e. The lowest BCUT2D eigenvalue weighted by Gasteiger charge is -2.60. The molecule has 4 rings (SSSR count). The molecule has 11 nitrogen and oxygen atoms in total. The number of nitrogens with zero attached hydrogens (tertiary/aromatic N) is 1. The Morgan fingerprint density at radius 3 is 2.57 bits per heavy atom. The van der Waals surface area contributed by atoms with Crippen molar-refractivity contribution in [2.24, 2.45) is 22.7 Å². The summed E-state index contributed by atoms with van der Waals surface area (Å²) in [6.45, 7) is 8.24. The van der Waals surface area contributed by atoms with Crippen LogP contribution in [0, 0.1) is 22.7 Å². The Bertz CT molecular complexity index is 1180. The Kier molecular flexibility index (Phi) is 9.82. The largest absolute Gasteiger partial charge is 0.462 e. The van der Waals surface area contributed by atoms with Gasteiger partial charge in [-0.2, -0.15) is 0 Å². The Hall–Kier alpha value is -3.18. The first kappa shape index (κ1) is 31.7. The molecule has 0 aromatic heterocycles. The number of hydrogen-bond donors (Lipinski definition) is 4. The van der Waals surface area contributed by atoms with Crippen LogP contribution in [0.1, 0.15) is 76.6 Å². The van der Waals surface area contributed by atoms with E-state index in [0.29, 0.717) is 56.4 Å². The zero-order valence-electron chi connectivity index (χ0n) is 25.1. The quantitative estimate of drug-likeness (QED) is 0.338. The van der Waals surface area contributed by atoms with E-state index in [4.69, 9.17) is 9.47 Å². The second kappa shape index (κ2) is 13.0. The molecule has 1 saturated heterocycles. The molecule has 232 valence electrons. The van der Waals surface area contributed by atoms with Crippen LogP contribution in [0.2, 0.25) is 0 Å². The maximum Gasteiger partial charge on any atom is 0.411 e. The lowest BCUT2D eigenvalue weighted by molar-refractivity contribution is -0.186. The number of carbonyl (C=O) groups excluding carboxylic acids is 4. The molecule has 0 spiro atoms. The minimum atomic E-state index is -0.789. The molecule has 4 N–H and O–H groups in total. The number of anilines is 1. The van der Waals surface area contributed by atoms with Crippen LogP contribution in [0.15, 0.2) is 24.3 Å². The van der Waals surface area contributed by atoms with Gasteiger partial charge in [-0.15, -0.1) is 0 Å². The van der Waals surface area contributed by atoms with Gasteiger partial charge in [0, 0.05) is 43.6 Å². The van der Waals surface area contributed by atoms with Crippen LogP contribution in [-0.4, -0.2) is 83.5 Å². The van der Waals surface area contributed by atoms with Crippen LogP contribution in [0.25, 0.3) is 0 Å². The number of benzene rings is 1. The monoisotopic (exact) mass is 587 g/mol. The summed E-state index contributed by atoms with van der Waals surface area (Å²) in [6.07, 6.45) is 1.17. The van der Waals surface area contributed by atoms with E-state index in [0.717, 1.165) is 0 Å². The average molecular weight is 588 g/mol. The summed E-state index contributed by atoms with van der Waals surface area (Å²) in [6, 6.07) is 6.35. The highest BCUT2D eigenvalue weighted by molar-refractivity contribution is 5.92. The fourth-order valence-corrected chi connectivity index (χ4v) is 7.70. The van der Waals surface area contributed by atoms with E-state index >= 15 is 0 Å². The zero-order chi connectivity index (χ0) is 30.7. The number of likely N-dealkylation sites (tertiary alicyclic amines) is 1. The van der Waals surface area contributed by atoms with E-state index in [-0.39, 0.29) is 49.3 Å². The molecule has 7 atom stereocenters. The topological polar surface area (TPSA) is 154 Å². The normalized spacial score (nSPS) is 32.4. The summed E-state index contributed by atoms with van der Waals surface area (Å²) >= 11 is 0. The molecule has 1 unspecified atom stereocenters. The lowest BCUT2D eigenvalue weighted by atomic mass is 9.46. The molecule has 42 heavy (non-hydrogen) atoms. The van der Waals surface area contributed by atoms with E-state index in [1.165, 1.54) is 13.0 Å². The first-order chi connectivity index (χ1) is 19.9. The molecule has 1 aromatic carbocycles. The molecule has 3 amide bonds. The van der Waals surface area contributed by atoms with Crippen LogP contribution < -0.4 is 10.6 Å².